The molecule has 2 amide bonds. The predicted octanol–water partition coefficient (Wildman–Crippen LogP) is 3.88. The van der Waals surface area contributed by atoms with Crippen LogP contribution in [0, 0.1) is 5.82 Å². The number of carbonyl (C=O) groups excluding carboxylic acids is 2. The van der Waals surface area contributed by atoms with Crippen molar-refractivity contribution in [1.29, 1.82) is 0 Å². The van der Waals surface area contributed by atoms with E-state index in [1.807, 2.05) is 39.8 Å². The number of benzene rings is 2. The molecule has 0 aliphatic heterocycles. The first-order chi connectivity index (χ1) is 16.3. The van der Waals surface area contributed by atoms with Gasteiger partial charge in [-0.1, -0.05) is 44.2 Å². The second-order valence-electron chi connectivity index (χ2n) is 9.56. The summed E-state index contributed by atoms with van der Waals surface area (Å²) >= 11 is 0. The lowest BCUT2D eigenvalue weighted by Gasteiger charge is -2.34. The molecule has 0 heterocycles. The van der Waals surface area contributed by atoms with E-state index < -0.39 is 39.9 Å². The Kier molecular flexibility index (Phi) is 9.43. The van der Waals surface area contributed by atoms with Crippen molar-refractivity contribution in [1.82, 2.24) is 10.2 Å². The molecule has 35 heavy (non-hydrogen) atoms. The molecule has 0 fully saturated rings. The maximum Gasteiger partial charge on any atom is 0.244 e. The van der Waals surface area contributed by atoms with E-state index in [9.17, 15) is 22.4 Å². The molecule has 0 spiro atoms. The summed E-state index contributed by atoms with van der Waals surface area (Å²) in [7, 11) is -3.80. The van der Waals surface area contributed by atoms with Crippen LogP contribution in [-0.4, -0.2) is 49.5 Å². The summed E-state index contributed by atoms with van der Waals surface area (Å²) in [6.45, 7) is 8.80. The van der Waals surface area contributed by atoms with Crippen LogP contribution >= 0.6 is 0 Å². The normalized spacial score (nSPS) is 12.7. The average Bonchev–Trinajstić information content (AvgIpc) is 2.76. The maximum atomic E-state index is 13.7. The topological polar surface area (TPSA) is 86.8 Å². The summed E-state index contributed by atoms with van der Waals surface area (Å²) in [6.07, 6.45) is 1.96. The molecule has 0 aliphatic carbocycles. The number of hydrogen-bond donors (Lipinski definition) is 1. The van der Waals surface area contributed by atoms with Gasteiger partial charge in [0.05, 0.1) is 11.9 Å². The summed E-state index contributed by atoms with van der Waals surface area (Å²) in [5, 5.41) is 2.91. The summed E-state index contributed by atoms with van der Waals surface area (Å²) in [4.78, 5) is 28.2. The van der Waals surface area contributed by atoms with E-state index in [0.29, 0.717) is 24.1 Å². The highest BCUT2D eigenvalue weighted by Crippen LogP contribution is 2.24. The zero-order valence-corrected chi connectivity index (χ0v) is 22.2. The van der Waals surface area contributed by atoms with Crippen molar-refractivity contribution in [3.05, 3.63) is 65.5 Å². The van der Waals surface area contributed by atoms with E-state index in [2.05, 4.69) is 5.32 Å². The number of hydrogen-bond acceptors (Lipinski definition) is 4. The van der Waals surface area contributed by atoms with Gasteiger partial charge < -0.3 is 10.2 Å². The van der Waals surface area contributed by atoms with Gasteiger partial charge in [-0.15, -0.1) is 0 Å². The molecule has 9 heteroatoms. The fourth-order valence-electron chi connectivity index (χ4n) is 3.81. The third-order valence-electron chi connectivity index (χ3n) is 5.47. The van der Waals surface area contributed by atoms with Gasteiger partial charge in [-0.05, 0) is 62.9 Å². The first kappa shape index (κ1) is 28.3. The zero-order valence-electron chi connectivity index (χ0n) is 21.3. The number of halogens is 1. The number of carbonyl (C=O) groups is 2. The zero-order chi connectivity index (χ0) is 26.4. The second kappa shape index (κ2) is 11.7. The molecule has 0 saturated heterocycles. The van der Waals surface area contributed by atoms with E-state index in [0.717, 1.165) is 16.1 Å². The van der Waals surface area contributed by atoms with Crippen molar-refractivity contribution < 1.29 is 22.4 Å². The Labute approximate surface area is 208 Å². The number of sulfonamides is 1. The summed E-state index contributed by atoms with van der Waals surface area (Å²) in [6, 6.07) is 11.8. The molecule has 7 nitrogen and oxygen atoms in total. The van der Waals surface area contributed by atoms with Crippen LogP contribution in [0.4, 0.5) is 10.1 Å². The molecular formula is C26H36FN3O4S. The van der Waals surface area contributed by atoms with E-state index in [4.69, 9.17) is 0 Å². The molecule has 0 aliphatic rings. The predicted molar refractivity (Wildman–Crippen MR) is 137 cm³/mol. The van der Waals surface area contributed by atoms with Crippen LogP contribution in [-0.2, 0) is 32.6 Å². The average molecular weight is 506 g/mol. The fourth-order valence-corrected chi connectivity index (χ4v) is 4.69. The minimum Gasteiger partial charge on any atom is -0.350 e. The van der Waals surface area contributed by atoms with Gasteiger partial charge in [0.15, 0.2) is 0 Å². The number of para-hydroxylation sites is 1. The van der Waals surface area contributed by atoms with Gasteiger partial charge in [-0.2, -0.15) is 0 Å². The highest BCUT2D eigenvalue weighted by atomic mass is 32.2. The number of rotatable bonds is 10. The van der Waals surface area contributed by atoms with Crippen molar-refractivity contribution in [2.24, 2.45) is 0 Å². The Balaban J connectivity index is 2.48. The number of aryl methyl sites for hydroxylation is 1. The van der Waals surface area contributed by atoms with Crippen molar-refractivity contribution in [2.45, 2.75) is 65.6 Å². The van der Waals surface area contributed by atoms with Gasteiger partial charge in [-0.25, -0.2) is 12.8 Å². The van der Waals surface area contributed by atoms with Crippen LogP contribution in [0.1, 0.15) is 52.2 Å². The van der Waals surface area contributed by atoms with E-state index >= 15 is 0 Å². The molecule has 1 N–H and O–H groups in total. The SMILES string of the molecule is CCc1ccccc1N(CC(=O)N(Cc1ccc(F)cc1)C(CC)C(=O)NC(C)(C)C)S(C)(=O)=O. The van der Waals surface area contributed by atoms with Crippen LogP contribution < -0.4 is 9.62 Å². The Morgan fingerprint density at radius 3 is 2.14 bits per heavy atom. The fraction of sp³-hybridized carbons (Fsp3) is 0.462. The molecule has 1 atom stereocenters. The maximum absolute atomic E-state index is 13.7. The van der Waals surface area contributed by atoms with Crippen LogP contribution in [0.3, 0.4) is 0 Å². The Bertz CT molecular complexity index is 1130. The molecular weight excluding hydrogens is 469 g/mol. The van der Waals surface area contributed by atoms with E-state index in [1.54, 1.807) is 31.2 Å². The van der Waals surface area contributed by atoms with Crippen LogP contribution in [0.25, 0.3) is 0 Å². The van der Waals surface area contributed by atoms with Crippen LogP contribution in [0.5, 0.6) is 0 Å². The van der Waals surface area contributed by atoms with Crippen molar-refractivity contribution in [2.75, 3.05) is 17.1 Å². The Morgan fingerprint density at radius 1 is 1.03 bits per heavy atom. The molecule has 0 bridgehead atoms. The number of anilines is 1. The lowest BCUT2D eigenvalue weighted by molar-refractivity contribution is -0.141. The van der Waals surface area contributed by atoms with E-state index in [1.165, 1.54) is 17.0 Å². The molecule has 0 radical (unpaired) electrons. The van der Waals surface area contributed by atoms with Gasteiger partial charge in [0.1, 0.15) is 18.4 Å². The minimum atomic E-state index is -3.80. The van der Waals surface area contributed by atoms with Crippen molar-refractivity contribution in [3.8, 4) is 0 Å². The van der Waals surface area contributed by atoms with Gasteiger partial charge in [-0.3, -0.25) is 13.9 Å². The van der Waals surface area contributed by atoms with Gasteiger partial charge in [0.2, 0.25) is 21.8 Å². The molecule has 0 saturated carbocycles. The monoisotopic (exact) mass is 505 g/mol. The quantitative estimate of drug-likeness (QED) is 0.531. The standard InChI is InChI=1S/C26H36FN3O4S/c1-7-20-11-9-10-12-23(20)30(35(6,33)34)18-24(31)29(17-19-13-15-21(27)16-14-19)22(8-2)25(32)28-26(3,4)5/h9-16,22H,7-8,17-18H2,1-6H3,(H,28,32). The number of nitrogens with one attached hydrogen (secondary N) is 1. The van der Waals surface area contributed by atoms with Crippen molar-refractivity contribution >= 4 is 27.5 Å². The van der Waals surface area contributed by atoms with Crippen LogP contribution in [0.2, 0.25) is 0 Å². The molecule has 2 aromatic rings. The summed E-state index contributed by atoms with van der Waals surface area (Å²) in [5.41, 5.74) is 1.32. The van der Waals surface area contributed by atoms with Gasteiger partial charge in [0.25, 0.3) is 0 Å². The largest absolute Gasteiger partial charge is 0.350 e. The first-order valence-electron chi connectivity index (χ1n) is 11.7. The summed E-state index contributed by atoms with van der Waals surface area (Å²) < 4.78 is 40.0. The molecule has 2 rings (SSSR count). The molecule has 192 valence electrons. The Hall–Kier alpha value is -2.94. The first-order valence-corrected chi connectivity index (χ1v) is 13.5. The third kappa shape index (κ3) is 8.06. The Morgan fingerprint density at radius 2 is 1.63 bits per heavy atom. The molecule has 1 unspecified atom stereocenters. The lowest BCUT2D eigenvalue weighted by atomic mass is 10.1. The smallest absolute Gasteiger partial charge is 0.244 e. The molecule has 0 aromatic heterocycles. The summed E-state index contributed by atoms with van der Waals surface area (Å²) in [5.74, 6) is -1.28. The molecule has 2 aromatic carbocycles. The minimum absolute atomic E-state index is 0.0300. The highest BCUT2D eigenvalue weighted by molar-refractivity contribution is 7.92. The number of amides is 2. The second-order valence-corrected chi connectivity index (χ2v) is 11.5. The number of nitrogens with zero attached hydrogens (tertiary/aromatic N) is 2. The lowest BCUT2D eigenvalue weighted by Crippen LogP contribution is -2.55. The van der Waals surface area contributed by atoms with Crippen LogP contribution in [0.15, 0.2) is 48.5 Å². The van der Waals surface area contributed by atoms with E-state index in [-0.39, 0.29) is 12.5 Å². The van der Waals surface area contributed by atoms with Gasteiger partial charge in [0, 0.05) is 12.1 Å². The van der Waals surface area contributed by atoms with Crippen molar-refractivity contribution in [3.63, 3.8) is 0 Å². The highest BCUT2D eigenvalue weighted by Gasteiger charge is 2.33. The third-order valence-corrected chi connectivity index (χ3v) is 6.60. The van der Waals surface area contributed by atoms with Gasteiger partial charge >= 0.3 is 0 Å².